The van der Waals surface area contributed by atoms with Crippen molar-refractivity contribution in [2.45, 2.75) is 32.4 Å². The van der Waals surface area contributed by atoms with Crippen molar-refractivity contribution in [3.05, 3.63) is 46.2 Å². The van der Waals surface area contributed by atoms with Gasteiger partial charge in [0.05, 0.1) is 25.6 Å². The van der Waals surface area contributed by atoms with Crippen LogP contribution < -0.4 is 9.47 Å². The maximum atomic E-state index is 14.3. The fraction of sp³-hybridized carbons (Fsp3) is 0.316. The summed E-state index contributed by atoms with van der Waals surface area (Å²) in [6.45, 7) is 1.72. The first-order valence-corrected chi connectivity index (χ1v) is 9.35. The second kappa shape index (κ2) is 8.13. The summed E-state index contributed by atoms with van der Waals surface area (Å²) in [5, 5.41) is 9.30. The monoisotopic (exact) mass is 449 g/mol. The van der Waals surface area contributed by atoms with Crippen molar-refractivity contribution in [1.82, 2.24) is 4.57 Å². The molecule has 3 rings (SSSR count). The summed E-state index contributed by atoms with van der Waals surface area (Å²) < 4.78 is 75.8. The molecule has 1 aromatic carbocycles. The minimum absolute atomic E-state index is 0.0488. The van der Waals surface area contributed by atoms with Gasteiger partial charge in [0.15, 0.2) is 16.6 Å². The van der Waals surface area contributed by atoms with E-state index in [-0.39, 0.29) is 18.7 Å². The molecule has 0 saturated carbocycles. The minimum atomic E-state index is -4.62. The molecule has 1 N–H and O–H groups in total. The average Bonchev–Trinajstić information content (AvgIpc) is 3.18. The van der Waals surface area contributed by atoms with Crippen LogP contribution in [0.3, 0.4) is 0 Å². The van der Waals surface area contributed by atoms with Crippen molar-refractivity contribution >= 4 is 28.2 Å². The van der Waals surface area contributed by atoms with E-state index in [0.717, 1.165) is 17.4 Å². The van der Waals surface area contributed by atoms with Gasteiger partial charge in [-0.25, -0.2) is 4.39 Å². The predicted octanol–water partition coefficient (Wildman–Crippen LogP) is 5.07. The summed E-state index contributed by atoms with van der Waals surface area (Å²) in [4.78, 5) is 11.7. The normalized spacial score (nSPS) is 12.0. The molecule has 0 fully saturated rings. The van der Waals surface area contributed by atoms with E-state index >= 15 is 0 Å². The number of thiophene rings is 1. The van der Waals surface area contributed by atoms with Gasteiger partial charge < -0.3 is 19.1 Å². The van der Waals surface area contributed by atoms with E-state index in [2.05, 4.69) is 4.74 Å². The zero-order chi connectivity index (χ0) is 22.2. The molecule has 11 heteroatoms. The summed E-state index contributed by atoms with van der Waals surface area (Å²) in [5.41, 5.74) is 1.37. The van der Waals surface area contributed by atoms with Gasteiger partial charge >= 0.3 is 18.5 Å². The summed E-state index contributed by atoms with van der Waals surface area (Å²) in [6.07, 6.45) is -8.91. The molecule has 0 bridgehead atoms. The third-order valence-electron chi connectivity index (χ3n) is 4.50. The van der Waals surface area contributed by atoms with Gasteiger partial charge in [0.1, 0.15) is 0 Å². The third kappa shape index (κ3) is 4.20. The van der Waals surface area contributed by atoms with Crippen LogP contribution in [0, 0.1) is 12.7 Å². The number of rotatable bonds is 8. The molecular formula is C19H16F5NO4S. The van der Waals surface area contributed by atoms with Gasteiger partial charge in [-0.3, -0.25) is 4.79 Å². The smallest absolute Gasteiger partial charge is 0.461 e. The first-order valence-electron chi connectivity index (χ1n) is 8.54. The predicted molar refractivity (Wildman–Crippen MR) is 99.5 cm³/mol. The molecule has 162 valence electrons. The Hall–Kier alpha value is -2.82. The number of carbonyl (C=O) groups is 1. The number of aromatic nitrogens is 1. The average molecular weight is 449 g/mol. The molecule has 2 aromatic heterocycles. The van der Waals surface area contributed by atoms with Gasteiger partial charge in [0.2, 0.25) is 0 Å². The van der Waals surface area contributed by atoms with Crippen LogP contribution in [0.2, 0.25) is 0 Å². The lowest BCUT2D eigenvalue weighted by molar-refractivity contribution is -0.251. The summed E-state index contributed by atoms with van der Waals surface area (Å²) in [6, 6.07) is 5.16. The number of aliphatic carboxylic acids is 1. The highest BCUT2D eigenvalue weighted by Gasteiger charge is 2.44. The number of nitrogens with zero attached hydrogens (tertiary/aromatic N) is 1. The molecule has 0 atom stereocenters. The van der Waals surface area contributed by atoms with Crippen LogP contribution in [0.15, 0.2) is 24.3 Å². The maximum Gasteiger partial charge on any atom is 0.461 e. The topological polar surface area (TPSA) is 60.7 Å². The van der Waals surface area contributed by atoms with Crippen molar-refractivity contribution in [3.8, 4) is 10.8 Å². The number of hydrogen-bond acceptors (Lipinski definition) is 4. The standard InChI is InChI=1S/C19H16F5NO4S/c1-9-11(6-16(26)27)12-5-15(28-2)13(20)7-14(12)25(9)8-10-3-4-17(30-10)29-19(23,24)18(21)22/h3-5,7,18H,6,8H2,1-2H3,(H,26,27). The number of carboxylic acid groups (broad SMARTS) is 1. The van der Waals surface area contributed by atoms with Crippen LogP contribution in [0.1, 0.15) is 16.1 Å². The minimum Gasteiger partial charge on any atom is -0.494 e. The number of halogens is 5. The van der Waals surface area contributed by atoms with Crippen LogP contribution in [0.5, 0.6) is 10.8 Å². The largest absolute Gasteiger partial charge is 0.494 e. The van der Waals surface area contributed by atoms with Crippen LogP contribution in [-0.4, -0.2) is 35.3 Å². The molecule has 0 aliphatic carbocycles. The van der Waals surface area contributed by atoms with Crippen molar-refractivity contribution < 1.29 is 41.3 Å². The fourth-order valence-corrected chi connectivity index (χ4v) is 3.99. The Bertz CT molecular complexity index is 1090. The number of ether oxygens (including phenoxy) is 2. The molecule has 0 aliphatic heterocycles. The highest BCUT2D eigenvalue weighted by Crippen LogP contribution is 2.36. The molecule has 30 heavy (non-hydrogen) atoms. The summed E-state index contributed by atoms with van der Waals surface area (Å²) in [7, 11) is 1.29. The SMILES string of the molecule is COc1cc2c(CC(=O)O)c(C)n(Cc3ccc(OC(F)(F)C(F)F)s3)c2cc1F. The van der Waals surface area contributed by atoms with Gasteiger partial charge in [-0.2, -0.15) is 17.6 Å². The van der Waals surface area contributed by atoms with Crippen LogP contribution >= 0.6 is 11.3 Å². The lowest BCUT2D eigenvalue weighted by Gasteiger charge is -2.14. The Morgan fingerprint density at radius 1 is 1.30 bits per heavy atom. The number of alkyl halides is 4. The van der Waals surface area contributed by atoms with E-state index in [1.54, 1.807) is 11.5 Å². The van der Waals surface area contributed by atoms with Crippen molar-refractivity contribution in [2.75, 3.05) is 7.11 Å². The summed E-state index contributed by atoms with van der Waals surface area (Å²) >= 11 is 0.733. The quantitative estimate of drug-likeness (QED) is 0.488. The maximum absolute atomic E-state index is 14.3. The number of carboxylic acids is 1. The lowest BCUT2D eigenvalue weighted by atomic mass is 10.1. The van der Waals surface area contributed by atoms with Crippen LogP contribution in [0.4, 0.5) is 22.0 Å². The van der Waals surface area contributed by atoms with Crippen LogP contribution in [-0.2, 0) is 17.8 Å². The summed E-state index contributed by atoms with van der Waals surface area (Å²) in [5.74, 6) is -1.79. The molecule has 2 heterocycles. The second-order valence-electron chi connectivity index (χ2n) is 6.41. The van der Waals surface area contributed by atoms with E-state index < -0.39 is 29.4 Å². The molecular weight excluding hydrogens is 433 g/mol. The number of hydrogen-bond donors (Lipinski definition) is 1. The zero-order valence-electron chi connectivity index (χ0n) is 15.7. The van der Waals surface area contributed by atoms with E-state index in [1.165, 1.54) is 25.3 Å². The Balaban J connectivity index is 2.01. The van der Waals surface area contributed by atoms with E-state index in [4.69, 9.17) is 4.74 Å². The van der Waals surface area contributed by atoms with Gasteiger partial charge in [-0.1, -0.05) is 0 Å². The van der Waals surface area contributed by atoms with Gasteiger partial charge in [-0.15, -0.1) is 11.3 Å². The van der Waals surface area contributed by atoms with Crippen molar-refractivity contribution in [3.63, 3.8) is 0 Å². The first-order chi connectivity index (χ1) is 14.0. The molecule has 0 aliphatic rings. The van der Waals surface area contributed by atoms with Crippen molar-refractivity contribution in [2.24, 2.45) is 0 Å². The first kappa shape index (κ1) is 21.9. The molecule has 5 nitrogen and oxygen atoms in total. The highest BCUT2D eigenvalue weighted by atomic mass is 32.1. The Morgan fingerprint density at radius 3 is 2.60 bits per heavy atom. The Labute approximate surface area is 171 Å². The zero-order valence-corrected chi connectivity index (χ0v) is 16.5. The van der Waals surface area contributed by atoms with Gasteiger partial charge in [-0.05, 0) is 30.7 Å². The van der Waals surface area contributed by atoms with Crippen molar-refractivity contribution in [1.29, 1.82) is 0 Å². The van der Waals surface area contributed by atoms with Gasteiger partial charge in [0, 0.05) is 22.0 Å². The molecule has 0 spiro atoms. The molecule has 0 unspecified atom stereocenters. The number of benzene rings is 1. The Kier molecular flexibility index (Phi) is 5.93. The molecule has 3 aromatic rings. The third-order valence-corrected chi connectivity index (χ3v) is 5.45. The van der Waals surface area contributed by atoms with E-state index in [1.807, 2.05) is 0 Å². The molecule has 0 radical (unpaired) electrons. The van der Waals surface area contributed by atoms with Gasteiger partial charge in [0.25, 0.3) is 0 Å². The fourth-order valence-electron chi connectivity index (χ4n) is 3.11. The number of methoxy groups -OCH3 is 1. The molecule has 0 saturated heterocycles. The lowest BCUT2D eigenvalue weighted by Crippen LogP contribution is -2.33. The van der Waals surface area contributed by atoms with E-state index in [9.17, 15) is 31.9 Å². The van der Waals surface area contributed by atoms with Crippen LogP contribution in [0.25, 0.3) is 10.9 Å². The Morgan fingerprint density at radius 2 is 2.00 bits per heavy atom. The highest BCUT2D eigenvalue weighted by molar-refractivity contribution is 7.13. The van der Waals surface area contributed by atoms with E-state index in [0.29, 0.717) is 27.0 Å². The second-order valence-corrected chi connectivity index (χ2v) is 7.54. The molecule has 0 amide bonds. The number of fused-ring (bicyclic) bond motifs is 1.